The summed E-state index contributed by atoms with van der Waals surface area (Å²) < 4.78 is 10.3. The zero-order valence-electron chi connectivity index (χ0n) is 8.32. The summed E-state index contributed by atoms with van der Waals surface area (Å²) in [7, 11) is 0. The molecule has 0 spiro atoms. The lowest BCUT2D eigenvalue weighted by Gasteiger charge is -2.10. The zero-order valence-corrected chi connectivity index (χ0v) is 8.32. The van der Waals surface area contributed by atoms with Crippen LogP contribution in [0.15, 0.2) is 21.5 Å². The fourth-order valence-electron chi connectivity index (χ4n) is 0.907. The smallest absolute Gasteiger partial charge is 0.227 e. The van der Waals surface area contributed by atoms with Crippen LogP contribution in [0, 0.1) is 0 Å². The summed E-state index contributed by atoms with van der Waals surface area (Å²) in [5.41, 5.74) is -0.263. The fraction of sp³-hybridized carbons (Fsp3) is 0.500. The average molecular weight is 198 g/mol. The van der Waals surface area contributed by atoms with Crippen LogP contribution in [-0.2, 0) is 6.61 Å². The summed E-state index contributed by atoms with van der Waals surface area (Å²) in [4.78, 5) is 11.4. The Hall–Kier alpha value is -1.29. The van der Waals surface area contributed by atoms with Crippen molar-refractivity contribution in [3.05, 3.63) is 28.3 Å². The number of aliphatic hydroxyl groups excluding tert-OH is 1. The van der Waals surface area contributed by atoms with E-state index in [2.05, 4.69) is 0 Å². The highest BCUT2D eigenvalue weighted by atomic mass is 16.5. The second-order valence-electron chi connectivity index (χ2n) is 3.07. The second kappa shape index (κ2) is 4.81. The first-order valence-electron chi connectivity index (χ1n) is 4.56. The number of hydrogen-bond donors (Lipinski definition) is 1. The van der Waals surface area contributed by atoms with Crippen molar-refractivity contribution in [2.45, 2.75) is 33.0 Å². The third kappa shape index (κ3) is 2.60. The number of aliphatic hydroxyl groups is 1. The Morgan fingerprint density at radius 2 is 2.36 bits per heavy atom. The third-order valence-electron chi connectivity index (χ3n) is 1.91. The van der Waals surface area contributed by atoms with Crippen LogP contribution >= 0.6 is 0 Å². The standard InChI is InChI=1S/C10H14O4/c1-3-7(2)14-10-6-13-8(5-11)4-9(10)12/h4,6-7,11H,3,5H2,1-2H3. The van der Waals surface area contributed by atoms with Crippen molar-refractivity contribution < 1.29 is 14.3 Å². The van der Waals surface area contributed by atoms with Gasteiger partial charge >= 0.3 is 0 Å². The Labute approximate surface area is 82.1 Å². The van der Waals surface area contributed by atoms with Crippen molar-refractivity contribution in [2.24, 2.45) is 0 Å². The van der Waals surface area contributed by atoms with Gasteiger partial charge < -0.3 is 14.3 Å². The Morgan fingerprint density at radius 1 is 1.64 bits per heavy atom. The van der Waals surface area contributed by atoms with E-state index in [4.69, 9.17) is 14.3 Å². The van der Waals surface area contributed by atoms with Gasteiger partial charge in [-0.3, -0.25) is 4.79 Å². The Balaban J connectivity index is 2.84. The topological polar surface area (TPSA) is 59.7 Å². The van der Waals surface area contributed by atoms with Crippen LogP contribution in [0.5, 0.6) is 5.75 Å². The van der Waals surface area contributed by atoms with Gasteiger partial charge in [-0.25, -0.2) is 0 Å². The van der Waals surface area contributed by atoms with Gasteiger partial charge in [0.15, 0.2) is 0 Å². The van der Waals surface area contributed by atoms with Crippen molar-refractivity contribution >= 4 is 0 Å². The van der Waals surface area contributed by atoms with Crippen molar-refractivity contribution in [3.63, 3.8) is 0 Å². The molecule has 0 saturated heterocycles. The van der Waals surface area contributed by atoms with Gasteiger partial charge in [0.1, 0.15) is 18.6 Å². The molecule has 1 N–H and O–H groups in total. The summed E-state index contributed by atoms with van der Waals surface area (Å²) >= 11 is 0. The van der Waals surface area contributed by atoms with Crippen molar-refractivity contribution in [1.82, 2.24) is 0 Å². The first-order valence-corrected chi connectivity index (χ1v) is 4.56. The van der Waals surface area contributed by atoms with E-state index in [1.54, 1.807) is 0 Å². The average Bonchev–Trinajstić information content (AvgIpc) is 2.20. The van der Waals surface area contributed by atoms with Gasteiger partial charge in [-0.1, -0.05) is 6.92 Å². The molecule has 1 unspecified atom stereocenters. The van der Waals surface area contributed by atoms with Crippen molar-refractivity contribution in [2.75, 3.05) is 0 Å². The predicted octanol–water partition coefficient (Wildman–Crippen LogP) is 1.31. The van der Waals surface area contributed by atoms with Crippen LogP contribution in [0.4, 0.5) is 0 Å². The van der Waals surface area contributed by atoms with Crippen LogP contribution in [0.2, 0.25) is 0 Å². The highest BCUT2D eigenvalue weighted by Crippen LogP contribution is 2.09. The zero-order chi connectivity index (χ0) is 10.6. The molecule has 0 bridgehead atoms. The van der Waals surface area contributed by atoms with Crippen LogP contribution in [0.3, 0.4) is 0 Å². The Bertz CT molecular complexity index is 342. The molecule has 4 heteroatoms. The van der Waals surface area contributed by atoms with Gasteiger partial charge in [0.2, 0.25) is 11.2 Å². The molecule has 1 aromatic rings. The fourth-order valence-corrected chi connectivity index (χ4v) is 0.907. The molecule has 0 amide bonds. The van der Waals surface area contributed by atoms with Crippen LogP contribution in [0.25, 0.3) is 0 Å². The van der Waals surface area contributed by atoms with Crippen LogP contribution in [-0.4, -0.2) is 11.2 Å². The monoisotopic (exact) mass is 198 g/mol. The van der Waals surface area contributed by atoms with Crippen LogP contribution < -0.4 is 10.2 Å². The normalized spacial score (nSPS) is 12.5. The molecule has 0 aromatic carbocycles. The summed E-state index contributed by atoms with van der Waals surface area (Å²) in [6, 6.07) is 1.23. The molecule has 1 atom stereocenters. The van der Waals surface area contributed by atoms with E-state index < -0.39 is 0 Å². The van der Waals surface area contributed by atoms with Crippen LogP contribution in [0.1, 0.15) is 26.0 Å². The minimum Gasteiger partial charge on any atom is -0.484 e. The van der Waals surface area contributed by atoms with Gasteiger partial charge in [-0.05, 0) is 13.3 Å². The summed E-state index contributed by atoms with van der Waals surface area (Å²) in [6.45, 7) is 3.56. The van der Waals surface area contributed by atoms with E-state index >= 15 is 0 Å². The van der Waals surface area contributed by atoms with E-state index in [1.165, 1.54) is 12.3 Å². The quantitative estimate of drug-likeness (QED) is 0.792. The predicted molar refractivity (Wildman–Crippen MR) is 51.3 cm³/mol. The molecule has 0 aliphatic rings. The van der Waals surface area contributed by atoms with Gasteiger partial charge in [0, 0.05) is 6.07 Å². The molecule has 0 aliphatic carbocycles. The highest BCUT2D eigenvalue weighted by Gasteiger charge is 2.07. The van der Waals surface area contributed by atoms with Gasteiger partial charge in [0.05, 0.1) is 6.10 Å². The summed E-state index contributed by atoms with van der Waals surface area (Å²) in [6.07, 6.45) is 2.04. The van der Waals surface area contributed by atoms with E-state index in [0.29, 0.717) is 0 Å². The first kappa shape index (κ1) is 10.8. The molecule has 4 nitrogen and oxygen atoms in total. The molecule has 0 saturated carbocycles. The minimum absolute atomic E-state index is 0.0159. The van der Waals surface area contributed by atoms with E-state index in [0.717, 1.165) is 6.42 Å². The number of hydrogen-bond acceptors (Lipinski definition) is 4. The van der Waals surface area contributed by atoms with E-state index in [-0.39, 0.29) is 29.6 Å². The number of ether oxygens (including phenoxy) is 1. The molecule has 1 aromatic heterocycles. The van der Waals surface area contributed by atoms with Gasteiger partial charge in [-0.2, -0.15) is 0 Å². The molecule has 0 aliphatic heterocycles. The van der Waals surface area contributed by atoms with Crippen molar-refractivity contribution in [1.29, 1.82) is 0 Å². The molecule has 78 valence electrons. The second-order valence-corrected chi connectivity index (χ2v) is 3.07. The maximum Gasteiger partial charge on any atom is 0.227 e. The van der Waals surface area contributed by atoms with Gasteiger partial charge in [0.25, 0.3) is 0 Å². The maximum atomic E-state index is 11.4. The van der Waals surface area contributed by atoms with Gasteiger partial charge in [-0.15, -0.1) is 0 Å². The molecule has 0 fully saturated rings. The SMILES string of the molecule is CCC(C)Oc1coc(CO)cc1=O. The largest absolute Gasteiger partial charge is 0.484 e. The van der Waals surface area contributed by atoms with E-state index in [1.807, 2.05) is 13.8 Å². The summed E-state index contributed by atoms with van der Waals surface area (Å²) in [5.74, 6) is 0.433. The Morgan fingerprint density at radius 3 is 2.86 bits per heavy atom. The molecule has 0 radical (unpaired) electrons. The maximum absolute atomic E-state index is 11.4. The molecular weight excluding hydrogens is 184 g/mol. The van der Waals surface area contributed by atoms with Crippen molar-refractivity contribution in [3.8, 4) is 5.75 Å². The molecular formula is C10H14O4. The molecule has 14 heavy (non-hydrogen) atoms. The first-order chi connectivity index (χ1) is 6.67. The lowest BCUT2D eigenvalue weighted by Crippen LogP contribution is -2.15. The molecule has 1 rings (SSSR count). The molecule has 1 heterocycles. The third-order valence-corrected chi connectivity index (χ3v) is 1.91. The minimum atomic E-state index is -0.279. The Kier molecular flexibility index (Phi) is 3.71. The summed E-state index contributed by atoms with van der Waals surface area (Å²) in [5, 5.41) is 8.71. The lowest BCUT2D eigenvalue weighted by atomic mass is 10.3. The van der Waals surface area contributed by atoms with E-state index in [9.17, 15) is 4.79 Å². The lowest BCUT2D eigenvalue weighted by molar-refractivity contribution is 0.202. The number of rotatable bonds is 4. The highest BCUT2D eigenvalue weighted by molar-refractivity contribution is 5.17.